The summed E-state index contributed by atoms with van der Waals surface area (Å²) in [5.41, 5.74) is 3.48. The second-order valence-corrected chi connectivity index (χ2v) is 5.49. The van der Waals surface area contributed by atoms with Gasteiger partial charge in [0.15, 0.2) is 0 Å². The molecule has 0 unspecified atom stereocenters. The fourth-order valence-electron chi connectivity index (χ4n) is 2.93. The fourth-order valence-corrected chi connectivity index (χ4v) is 2.93. The van der Waals surface area contributed by atoms with Crippen molar-refractivity contribution in [2.75, 3.05) is 18.6 Å². The maximum atomic E-state index is 5.70. The second kappa shape index (κ2) is 6.20. The first kappa shape index (κ1) is 14.0. The van der Waals surface area contributed by atoms with Crippen LogP contribution in [0.25, 0.3) is 0 Å². The van der Waals surface area contributed by atoms with Crippen LogP contribution >= 0.6 is 0 Å². The van der Waals surface area contributed by atoms with Gasteiger partial charge < -0.3 is 14.2 Å². The van der Waals surface area contributed by atoms with Crippen LogP contribution in [0.1, 0.15) is 36.8 Å². The van der Waals surface area contributed by atoms with Gasteiger partial charge in [0.1, 0.15) is 17.2 Å². The number of para-hydroxylation sites is 2. The molecule has 0 bridgehead atoms. The molecule has 0 N–H and O–H groups in total. The first-order valence-corrected chi connectivity index (χ1v) is 7.69. The number of benzene rings is 1. The van der Waals surface area contributed by atoms with Crippen molar-refractivity contribution in [3.8, 4) is 5.75 Å². The first-order chi connectivity index (χ1) is 10.3. The van der Waals surface area contributed by atoms with Gasteiger partial charge in [-0.2, -0.15) is 0 Å². The summed E-state index contributed by atoms with van der Waals surface area (Å²) in [6.07, 6.45) is 4.57. The molecule has 0 fully saturated rings. The summed E-state index contributed by atoms with van der Waals surface area (Å²) in [4.78, 5) is 2.18. The van der Waals surface area contributed by atoms with E-state index in [1.807, 2.05) is 25.1 Å². The number of fused-ring (bicyclic) bond motifs is 1. The predicted molar refractivity (Wildman–Crippen MR) is 82.9 cm³/mol. The molecule has 1 heterocycles. The Morgan fingerprint density at radius 3 is 2.90 bits per heavy atom. The highest BCUT2D eigenvalue weighted by Crippen LogP contribution is 2.30. The van der Waals surface area contributed by atoms with E-state index in [2.05, 4.69) is 23.2 Å². The zero-order chi connectivity index (χ0) is 14.7. The highest BCUT2D eigenvalue weighted by atomic mass is 16.5. The lowest BCUT2D eigenvalue weighted by Crippen LogP contribution is -2.19. The molecular weight excluding hydrogens is 264 g/mol. The Labute approximate surface area is 125 Å². The molecular formula is C17H22N2O2. The number of aryl methyl sites for hydroxylation is 1. The van der Waals surface area contributed by atoms with Crippen molar-refractivity contribution >= 4 is 5.69 Å². The van der Waals surface area contributed by atoms with Crippen molar-refractivity contribution in [1.29, 1.82) is 0 Å². The molecule has 21 heavy (non-hydrogen) atoms. The Morgan fingerprint density at radius 1 is 1.24 bits per heavy atom. The maximum absolute atomic E-state index is 5.70. The summed E-state index contributed by atoms with van der Waals surface area (Å²) in [5, 5.41) is 4.28. The monoisotopic (exact) mass is 286 g/mol. The lowest BCUT2D eigenvalue weighted by Gasteiger charge is -2.22. The Bertz CT molecular complexity index is 607. The second-order valence-electron chi connectivity index (χ2n) is 5.49. The van der Waals surface area contributed by atoms with Gasteiger partial charge in [-0.25, -0.2) is 0 Å². The molecule has 3 rings (SSSR count). The Balaban J connectivity index is 1.80. The van der Waals surface area contributed by atoms with E-state index in [9.17, 15) is 0 Å². The van der Waals surface area contributed by atoms with E-state index in [-0.39, 0.29) is 0 Å². The third-order valence-electron chi connectivity index (χ3n) is 3.99. The minimum Gasteiger partial charge on any atom is -0.492 e. The van der Waals surface area contributed by atoms with Crippen LogP contribution in [-0.2, 0) is 19.4 Å². The molecule has 112 valence electrons. The molecule has 0 spiro atoms. The summed E-state index contributed by atoms with van der Waals surface area (Å²) in [7, 11) is 2.07. The Kier molecular flexibility index (Phi) is 4.13. The van der Waals surface area contributed by atoms with Gasteiger partial charge in [0, 0.05) is 19.0 Å². The third-order valence-corrected chi connectivity index (χ3v) is 3.99. The summed E-state index contributed by atoms with van der Waals surface area (Å²) in [6, 6.07) is 8.12. The largest absolute Gasteiger partial charge is 0.492 e. The number of nitrogens with zero attached hydrogens (tertiary/aromatic N) is 2. The van der Waals surface area contributed by atoms with Crippen LogP contribution in [0.4, 0.5) is 5.69 Å². The van der Waals surface area contributed by atoms with Gasteiger partial charge in [-0.05, 0) is 38.3 Å². The molecule has 0 amide bonds. The van der Waals surface area contributed by atoms with Crippen LogP contribution in [0.15, 0.2) is 28.8 Å². The molecule has 0 aliphatic heterocycles. The van der Waals surface area contributed by atoms with Gasteiger partial charge in [-0.3, -0.25) is 0 Å². The molecule has 1 aliphatic rings. The number of hydrogen-bond acceptors (Lipinski definition) is 4. The van der Waals surface area contributed by atoms with E-state index in [1.54, 1.807) is 0 Å². The van der Waals surface area contributed by atoms with E-state index in [0.29, 0.717) is 6.61 Å². The minimum absolute atomic E-state index is 0.671. The van der Waals surface area contributed by atoms with Gasteiger partial charge in [0.2, 0.25) is 0 Å². The number of hydrogen-bond donors (Lipinski definition) is 0. The summed E-state index contributed by atoms with van der Waals surface area (Å²) >= 11 is 0. The first-order valence-electron chi connectivity index (χ1n) is 7.69. The number of aromatic nitrogens is 1. The highest BCUT2D eigenvalue weighted by Gasteiger charge is 2.20. The average Bonchev–Trinajstić information content (AvgIpc) is 2.91. The number of anilines is 1. The maximum Gasteiger partial charge on any atom is 0.142 e. The van der Waals surface area contributed by atoms with E-state index in [0.717, 1.165) is 42.3 Å². The quantitative estimate of drug-likeness (QED) is 0.842. The lowest BCUT2D eigenvalue weighted by atomic mass is 9.96. The van der Waals surface area contributed by atoms with Crippen molar-refractivity contribution < 1.29 is 9.26 Å². The number of rotatable bonds is 5. The summed E-state index contributed by atoms with van der Waals surface area (Å²) in [5.74, 6) is 2.00. The molecule has 4 nitrogen and oxygen atoms in total. The SMILES string of the molecule is CCOc1ccccc1N(C)Cc1noc2c1CCCC2. The minimum atomic E-state index is 0.671. The topological polar surface area (TPSA) is 38.5 Å². The van der Waals surface area contributed by atoms with Crippen LogP contribution < -0.4 is 9.64 Å². The normalized spacial score (nSPS) is 13.8. The Morgan fingerprint density at radius 2 is 2.05 bits per heavy atom. The third kappa shape index (κ3) is 2.89. The molecule has 1 aromatic heterocycles. The molecule has 2 aromatic rings. The van der Waals surface area contributed by atoms with Crippen molar-refractivity contribution in [2.24, 2.45) is 0 Å². The van der Waals surface area contributed by atoms with Gasteiger partial charge in [-0.15, -0.1) is 0 Å². The molecule has 0 saturated carbocycles. The molecule has 0 atom stereocenters. The molecule has 4 heteroatoms. The van der Waals surface area contributed by atoms with Crippen LogP contribution in [0, 0.1) is 0 Å². The highest BCUT2D eigenvalue weighted by molar-refractivity contribution is 5.58. The standard InChI is InChI=1S/C17H22N2O2/c1-3-20-17-11-7-5-9-15(17)19(2)12-14-13-8-4-6-10-16(13)21-18-14/h5,7,9,11H,3-4,6,8,10,12H2,1-2H3. The van der Waals surface area contributed by atoms with Crippen LogP contribution in [-0.4, -0.2) is 18.8 Å². The van der Waals surface area contributed by atoms with Crippen molar-refractivity contribution in [3.63, 3.8) is 0 Å². The fraction of sp³-hybridized carbons (Fsp3) is 0.471. The van der Waals surface area contributed by atoms with E-state index in [4.69, 9.17) is 9.26 Å². The molecule has 1 aromatic carbocycles. The number of ether oxygens (including phenoxy) is 1. The predicted octanol–water partition coefficient (Wildman–Crippen LogP) is 3.59. The summed E-state index contributed by atoms with van der Waals surface area (Å²) in [6.45, 7) is 3.43. The zero-order valence-electron chi connectivity index (χ0n) is 12.8. The van der Waals surface area contributed by atoms with Crippen molar-refractivity contribution in [3.05, 3.63) is 41.3 Å². The molecule has 0 radical (unpaired) electrons. The van der Waals surface area contributed by atoms with Gasteiger partial charge in [-0.1, -0.05) is 17.3 Å². The van der Waals surface area contributed by atoms with E-state index < -0.39 is 0 Å². The van der Waals surface area contributed by atoms with Crippen molar-refractivity contribution in [1.82, 2.24) is 5.16 Å². The van der Waals surface area contributed by atoms with Gasteiger partial charge in [0.05, 0.1) is 18.8 Å². The van der Waals surface area contributed by atoms with Crippen LogP contribution in [0.3, 0.4) is 0 Å². The lowest BCUT2D eigenvalue weighted by molar-refractivity contribution is 0.340. The van der Waals surface area contributed by atoms with Gasteiger partial charge >= 0.3 is 0 Å². The Hall–Kier alpha value is -1.97. The summed E-state index contributed by atoms with van der Waals surface area (Å²) < 4.78 is 11.2. The molecule has 1 aliphatic carbocycles. The van der Waals surface area contributed by atoms with Crippen molar-refractivity contribution in [2.45, 2.75) is 39.2 Å². The van der Waals surface area contributed by atoms with Gasteiger partial charge in [0.25, 0.3) is 0 Å². The van der Waals surface area contributed by atoms with E-state index >= 15 is 0 Å². The average molecular weight is 286 g/mol. The van der Waals surface area contributed by atoms with Crippen LogP contribution in [0.5, 0.6) is 5.75 Å². The molecule has 0 saturated heterocycles. The van der Waals surface area contributed by atoms with Crippen LogP contribution in [0.2, 0.25) is 0 Å². The smallest absolute Gasteiger partial charge is 0.142 e. The van der Waals surface area contributed by atoms with E-state index in [1.165, 1.54) is 18.4 Å². The zero-order valence-corrected chi connectivity index (χ0v) is 12.8.